The fraction of sp³-hybridized carbons (Fsp3) is 1.00. The highest BCUT2D eigenvalue weighted by atomic mass is 16.5. The zero-order valence-corrected chi connectivity index (χ0v) is 10.7. The van der Waals surface area contributed by atoms with Gasteiger partial charge in [-0.2, -0.15) is 0 Å². The van der Waals surface area contributed by atoms with Crippen molar-refractivity contribution >= 4 is 0 Å². The Morgan fingerprint density at radius 1 is 1.40 bits per heavy atom. The third kappa shape index (κ3) is 3.44. The van der Waals surface area contributed by atoms with Crippen LogP contribution < -0.4 is 5.32 Å². The number of nitrogens with one attached hydrogen (secondary N) is 1. The SMILES string of the molecule is CCOCC(C)NCC1(N(C)C)CCC1. The summed E-state index contributed by atoms with van der Waals surface area (Å²) in [7, 11) is 4.38. The Hall–Kier alpha value is -0.120. The average molecular weight is 214 g/mol. The normalized spacial score (nSPS) is 21.4. The van der Waals surface area contributed by atoms with Gasteiger partial charge < -0.3 is 15.0 Å². The second-order valence-electron chi connectivity index (χ2n) is 4.91. The van der Waals surface area contributed by atoms with E-state index in [1.165, 1.54) is 19.3 Å². The minimum Gasteiger partial charge on any atom is -0.380 e. The van der Waals surface area contributed by atoms with Crippen LogP contribution in [-0.2, 0) is 4.74 Å². The van der Waals surface area contributed by atoms with E-state index in [1.807, 2.05) is 6.92 Å². The van der Waals surface area contributed by atoms with Crippen molar-refractivity contribution in [1.29, 1.82) is 0 Å². The maximum atomic E-state index is 5.40. The summed E-state index contributed by atoms with van der Waals surface area (Å²) in [5, 5.41) is 3.57. The minimum atomic E-state index is 0.417. The highest BCUT2D eigenvalue weighted by molar-refractivity contribution is 4.97. The van der Waals surface area contributed by atoms with Gasteiger partial charge in [0.2, 0.25) is 0 Å². The molecule has 90 valence electrons. The molecule has 0 amide bonds. The van der Waals surface area contributed by atoms with Gasteiger partial charge >= 0.3 is 0 Å². The van der Waals surface area contributed by atoms with Crippen molar-refractivity contribution in [2.75, 3.05) is 33.9 Å². The van der Waals surface area contributed by atoms with E-state index in [4.69, 9.17) is 4.74 Å². The van der Waals surface area contributed by atoms with E-state index in [0.717, 1.165) is 19.8 Å². The predicted octanol–water partition coefficient (Wildman–Crippen LogP) is 1.49. The summed E-state index contributed by atoms with van der Waals surface area (Å²) < 4.78 is 5.40. The molecule has 0 aliphatic heterocycles. The van der Waals surface area contributed by atoms with Gasteiger partial charge in [0.15, 0.2) is 0 Å². The smallest absolute Gasteiger partial charge is 0.0616 e. The molecule has 1 atom stereocenters. The van der Waals surface area contributed by atoms with Crippen LogP contribution in [0.15, 0.2) is 0 Å². The number of hydrogen-bond donors (Lipinski definition) is 1. The summed E-state index contributed by atoms with van der Waals surface area (Å²) in [5.41, 5.74) is 0.417. The monoisotopic (exact) mass is 214 g/mol. The molecule has 1 fully saturated rings. The van der Waals surface area contributed by atoms with Crippen molar-refractivity contribution in [2.24, 2.45) is 0 Å². The van der Waals surface area contributed by atoms with Gasteiger partial charge in [0.1, 0.15) is 0 Å². The lowest BCUT2D eigenvalue weighted by Gasteiger charge is -2.48. The third-order valence-electron chi connectivity index (χ3n) is 3.58. The molecule has 3 heteroatoms. The Labute approximate surface area is 94.2 Å². The summed E-state index contributed by atoms with van der Waals surface area (Å²) in [4.78, 5) is 2.37. The van der Waals surface area contributed by atoms with Crippen molar-refractivity contribution in [3.05, 3.63) is 0 Å². The zero-order valence-electron chi connectivity index (χ0n) is 10.7. The molecule has 15 heavy (non-hydrogen) atoms. The number of rotatable bonds is 7. The van der Waals surface area contributed by atoms with Crippen LogP contribution in [0.5, 0.6) is 0 Å². The largest absolute Gasteiger partial charge is 0.380 e. The standard InChI is InChI=1S/C12H26N2O/c1-5-15-9-11(2)13-10-12(14(3)4)7-6-8-12/h11,13H,5-10H2,1-4H3. The molecule has 0 heterocycles. The molecule has 1 rings (SSSR count). The predicted molar refractivity (Wildman–Crippen MR) is 64.2 cm³/mol. The molecule has 1 N–H and O–H groups in total. The number of hydrogen-bond acceptors (Lipinski definition) is 3. The first-order valence-electron chi connectivity index (χ1n) is 6.09. The number of nitrogens with zero attached hydrogens (tertiary/aromatic N) is 1. The molecule has 0 aromatic heterocycles. The molecule has 3 nitrogen and oxygen atoms in total. The Kier molecular flexibility index (Phi) is 5.03. The minimum absolute atomic E-state index is 0.417. The molecular formula is C12H26N2O. The van der Waals surface area contributed by atoms with Crippen LogP contribution in [0, 0.1) is 0 Å². The van der Waals surface area contributed by atoms with Gasteiger partial charge in [-0.1, -0.05) is 0 Å². The fourth-order valence-corrected chi connectivity index (χ4v) is 2.08. The first-order chi connectivity index (χ1) is 7.10. The number of ether oxygens (including phenoxy) is 1. The third-order valence-corrected chi connectivity index (χ3v) is 3.58. The van der Waals surface area contributed by atoms with Crippen LogP contribution in [0.4, 0.5) is 0 Å². The second kappa shape index (κ2) is 5.83. The van der Waals surface area contributed by atoms with Crippen LogP contribution >= 0.6 is 0 Å². The maximum absolute atomic E-state index is 5.40. The molecule has 1 saturated carbocycles. The lowest BCUT2D eigenvalue weighted by molar-refractivity contribution is 0.0508. The van der Waals surface area contributed by atoms with E-state index in [9.17, 15) is 0 Å². The van der Waals surface area contributed by atoms with Crippen LogP contribution in [-0.4, -0.2) is 50.3 Å². The van der Waals surface area contributed by atoms with Crippen molar-refractivity contribution in [2.45, 2.75) is 44.7 Å². The van der Waals surface area contributed by atoms with E-state index in [2.05, 4.69) is 31.2 Å². The average Bonchev–Trinajstić information content (AvgIpc) is 2.12. The van der Waals surface area contributed by atoms with Crippen molar-refractivity contribution < 1.29 is 4.74 Å². The van der Waals surface area contributed by atoms with E-state index in [1.54, 1.807) is 0 Å². The summed E-state index contributed by atoms with van der Waals surface area (Å²) >= 11 is 0. The van der Waals surface area contributed by atoms with E-state index in [0.29, 0.717) is 11.6 Å². The molecule has 0 aromatic carbocycles. The van der Waals surface area contributed by atoms with Gasteiger partial charge in [-0.15, -0.1) is 0 Å². The fourth-order valence-electron chi connectivity index (χ4n) is 2.08. The lowest BCUT2D eigenvalue weighted by atomic mass is 9.75. The molecule has 1 unspecified atom stereocenters. The lowest BCUT2D eigenvalue weighted by Crippen LogP contribution is -2.57. The van der Waals surface area contributed by atoms with Crippen LogP contribution in [0.25, 0.3) is 0 Å². The van der Waals surface area contributed by atoms with Crippen molar-refractivity contribution in [1.82, 2.24) is 10.2 Å². The summed E-state index contributed by atoms with van der Waals surface area (Å²) in [6, 6.07) is 0.461. The molecule has 1 aliphatic carbocycles. The van der Waals surface area contributed by atoms with E-state index >= 15 is 0 Å². The summed E-state index contributed by atoms with van der Waals surface area (Å²) in [5.74, 6) is 0. The van der Waals surface area contributed by atoms with Crippen molar-refractivity contribution in [3.8, 4) is 0 Å². The van der Waals surface area contributed by atoms with E-state index < -0.39 is 0 Å². The summed E-state index contributed by atoms with van der Waals surface area (Å²) in [6.45, 7) is 6.96. The molecule has 0 bridgehead atoms. The quantitative estimate of drug-likeness (QED) is 0.695. The van der Waals surface area contributed by atoms with Crippen molar-refractivity contribution in [3.63, 3.8) is 0 Å². The zero-order chi connectivity index (χ0) is 11.3. The topological polar surface area (TPSA) is 24.5 Å². The van der Waals surface area contributed by atoms with E-state index in [-0.39, 0.29) is 0 Å². The highest BCUT2D eigenvalue weighted by Gasteiger charge is 2.38. The first kappa shape index (κ1) is 12.9. The molecular weight excluding hydrogens is 188 g/mol. The molecule has 0 spiro atoms. The highest BCUT2D eigenvalue weighted by Crippen LogP contribution is 2.35. The van der Waals surface area contributed by atoms with Gasteiger partial charge in [-0.3, -0.25) is 0 Å². The van der Waals surface area contributed by atoms with Gasteiger partial charge in [-0.05, 0) is 47.2 Å². The number of likely N-dealkylation sites (N-methyl/N-ethyl adjacent to an activating group) is 1. The second-order valence-corrected chi connectivity index (χ2v) is 4.91. The molecule has 0 saturated heterocycles. The maximum Gasteiger partial charge on any atom is 0.0616 e. The van der Waals surface area contributed by atoms with Gasteiger partial charge in [0.25, 0.3) is 0 Å². The Bertz CT molecular complexity index is 178. The molecule has 1 aliphatic rings. The van der Waals surface area contributed by atoms with Gasteiger partial charge in [-0.25, -0.2) is 0 Å². The van der Waals surface area contributed by atoms with Crippen LogP contribution in [0.1, 0.15) is 33.1 Å². The molecule has 0 aromatic rings. The first-order valence-corrected chi connectivity index (χ1v) is 6.09. The molecule has 0 radical (unpaired) electrons. The van der Waals surface area contributed by atoms with Gasteiger partial charge in [0, 0.05) is 24.7 Å². The van der Waals surface area contributed by atoms with Crippen LogP contribution in [0.2, 0.25) is 0 Å². The Morgan fingerprint density at radius 2 is 2.07 bits per heavy atom. The van der Waals surface area contributed by atoms with Crippen LogP contribution in [0.3, 0.4) is 0 Å². The van der Waals surface area contributed by atoms with Gasteiger partial charge in [0.05, 0.1) is 6.61 Å². The Balaban J connectivity index is 2.22. The Morgan fingerprint density at radius 3 is 2.47 bits per heavy atom. The summed E-state index contributed by atoms with van der Waals surface area (Å²) in [6.07, 6.45) is 4.03.